The van der Waals surface area contributed by atoms with Crippen LogP contribution in [0.4, 0.5) is 4.79 Å². The fourth-order valence-corrected chi connectivity index (χ4v) is 6.53. The van der Waals surface area contributed by atoms with Gasteiger partial charge in [0, 0.05) is 41.3 Å². The molecule has 1 aromatic heterocycles. The van der Waals surface area contributed by atoms with Gasteiger partial charge in [-0.05, 0) is 77.3 Å². The molecule has 2 fully saturated rings. The zero-order chi connectivity index (χ0) is 21.5. The van der Waals surface area contributed by atoms with E-state index in [0.717, 1.165) is 58.2 Å². The van der Waals surface area contributed by atoms with Gasteiger partial charge in [-0.1, -0.05) is 6.92 Å². The first-order chi connectivity index (χ1) is 14.2. The second-order valence-corrected chi connectivity index (χ2v) is 11.7. The lowest BCUT2D eigenvalue weighted by atomic mass is 9.76. The van der Waals surface area contributed by atoms with Gasteiger partial charge < -0.3 is 19.7 Å². The Morgan fingerprint density at radius 1 is 1.40 bits per heavy atom. The largest absolute Gasteiger partial charge is 0.444 e. The maximum Gasteiger partial charge on any atom is 0.407 e. The monoisotopic (exact) mass is 434 g/mol. The summed E-state index contributed by atoms with van der Waals surface area (Å²) in [6.45, 7) is 13.4. The van der Waals surface area contributed by atoms with Gasteiger partial charge in [0.1, 0.15) is 5.60 Å². The van der Waals surface area contributed by atoms with Crippen molar-refractivity contribution < 1.29 is 14.3 Å². The van der Waals surface area contributed by atoms with Crippen LogP contribution in [-0.2, 0) is 27.9 Å². The number of rotatable bonds is 4. The average molecular weight is 435 g/mol. The lowest BCUT2D eigenvalue weighted by Gasteiger charge is -2.49. The number of alkyl carbamates (subject to hydrolysis) is 1. The van der Waals surface area contributed by atoms with E-state index >= 15 is 0 Å². The van der Waals surface area contributed by atoms with Gasteiger partial charge in [-0.3, -0.25) is 0 Å². The summed E-state index contributed by atoms with van der Waals surface area (Å²) in [4.78, 5) is 17.7. The van der Waals surface area contributed by atoms with E-state index in [-0.39, 0.29) is 17.7 Å². The van der Waals surface area contributed by atoms with Crippen LogP contribution in [0.5, 0.6) is 0 Å². The Hall–Kier alpha value is -1.11. The van der Waals surface area contributed by atoms with E-state index in [9.17, 15) is 4.79 Å². The molecule has 1 spiro atoms. The summed E-state index contributed by atoms with van der Waals surface area (Å²) < 4.78 is 11.8. The van der Waals surface area contributed by atoms with Crippen molar-refractivity contribution in [2.45, 2.75) is 96.4 Å². The fraction of sp³-hybridized carbons (Fsp3) is 0.792. The number of fused-ring (bicyclic) bond motifs is 2. The maximum atomic E-state index is 11.9. The smallest absolute Gasteiger partial charge is 0.407 e. The number of piperidine rings is 1. The summed E-state index contributed by atoms with van der Waals surface area (Å²) in [6, 6.07) is 3.21. The molecule has 3 aliphatic rings. The third kappa shape index (κ3) is 4.71. The second kappa shape index (κ2) is 8.44. The molecule has 168 valence electrons. The highest BCUT2D eigenvalue weighted by Gasteiger charge is 2.45. The number of aryl methyl sites for hydroxylation is 1. The first-order valence-corrected chi connectivity index (χ1v) is 12.5. The second-order valence-electron chi connectivity index (χ2n) is 10.5. The number of carbonyl (C=O) groups excluding carboxylic acids is 1. The molecule has 2 aliphatic heterocycles. The highest BCUT2D eigenvalue weighted by Crippen LogP contribution is 2.46. The molecule has 1 aliphatic carbocycles. The number of amides is 1. The highest BCUT2D eigenvalue weighted by atomic mass is 32.1. The van der Waals surface area contributed by atoms with E-state index < -0.39 is 5.60 Å². The van der Waals surface area contributed by atoms with Crippen molar-refractivity contribution in [1.29, 1.82) is 0 Å². The molecular weight excluding hydrogens is 396 g/mol. The van der Waals surface area contributed by atoms with Crippen LogP contribution in [0.3, 0.4) is 0 Å². The number of nitrogens with one attached hydrogen (secondary N) is 1. The van der Waals surface area contributed by atoms with Crippen LogP contribution in [0.15, 0.2) is 6.07 Å². The van der Waals surface area contributed by atoms with Crippen molar-refractivity contribution in [2.75, 3.05) is 19.7 Å². The van der Waals surface area contributed by atoms with Gasteiger partial charge >= 0.3 is 6.09 Å². The standard InChI is InChI=1S/C24H38N2O3S/c1-6-19-13-20-21(30-19)7-10-28-24(20)8-9-26(16(2)14-24)15-17-11-18(12-17)25-22(27)29-23(3,4)5/h13,16-18H,6-12,14-15H2,1-5H3,(H,25,27)/t16-,17-,18-,24+/m0/s1. The summed E-state index contributed by atoms with van der Waals surface area (Å²) >= 11 is 2.00. The van der Waals surface area contributed by atoms with Crippen LogP contribution in [0.25, 0.3) is 0 Å². The Morgan fingerprint density at radius 3 is 2.83 bits per heavy atom. The Labute approximate surface area is 185 Å². The molecule has 30 heavy (non-hydrogen) atoms. The molecule has 4 rings (SSSR count). The number of ether oxygens (including phenoxy) is 2. The van der Waals surface area contributed by atoms with E-state index in [1.165, 1.54) is 10.4 Å². The van der Waals surface area contributed by atoms with E-state index in [0.29, 0.717) is 12.0 Å². The normalized spacial score (nSPS) is 31.8. The predicted molar refractivity (Wildman–Crippen MR) is 121 cm³/mol. The number of nitrogens with zero attached hydrogens (tertiary/aromatic N) is 1. The van der Waals surface area contributed by atoms with E-state index in [1.54, 1.807) is 4.88 Å². The quantitative estimate of drug-likeness (QED) is 0.735. The number of hydrogen-bond donors (Lipinski definition) is 1. The maximum absolute atomic E-state index is 11.9. The van der Waals surface area contributed by atoms with Crippen LogP contribution in [-0.4, -0.2) is 48.4 Å². The lowest BCUT2D eigenvalue weighted by Crippen LogP contribution is -2.54. The van der Waals surface area contributed by atoms with Crippen LogP contribution in [0, 0.1) is 5.92 Å². The minimum atomic E-state index is -0.437. The van der Waals surface area contributed by atoms with Gasteiger partial charge in [-0.2, -0.15) is 0 Å². The van der Waals surface area contributed by atoms with Gasteiger partial charge in [-0.25, -0.2) is 4.79 Å². The number of likely N-dealkylation sites (tertiary alicyclic amines) is 1. The summed E-state index contributed by atoms with van der Waals surface area (Å²) in [7, 11) is 0. The Morgan fingerprint density at radius 2 is 2.17 bits per heavy atom. The first kappa shape index (κ1) is 22.1. The number of carbonyl (C=O) groups is 1. The Bertz CT molecular complexity index is 765. The third-order valence-electron chi connectivity index (χ3n) is 6.91. The number of hydrogen-bond acceptors (Lipinski definition) is 5. The molecule has 2 atom stereocenters. The van der Waals surface area contributed by atoms with Gasteiger partial charge in [-0.15, -0.1) is 11.3 Å². The summed E-state index contributed by atoms with van der Waals surface area (Å²) in [5, 5.41) is 3.02. The van der Waals surface area contributed by atoms with Crippen molar-refractivity contribution >= 4 is 17.4 Å². The van der Waals surface area contributed by atoms with Gasteiger partial charge in [0.15, 0.2) is 0 Å². The predicted octanol–water partition coefficient (Wildman–Crippen LogP) is 4.87. The SMILES string of the molecule is CCc1cc2c(s1)CCO[C@@]21CCN(C[C@H]2C[C@H](NC(=O)OC(C)(C)C)C2)[C@@H](C)C1. The van der Waals surface area contributed by atoms with Crippen molar-refractivity contribution in [3.8, 4) is 0 Å². The molecule has 0 unspecified atom stereocenters. The summed E-state index contributed by atoms with van der Waals surface area (Å²) in [6.07, 6.45) is 6.20. The molecule has 0 aromatic carbocycles. The van der Waals surface area contributed by atoms with Gasteiger partial charge in [0.2, 0.25) is 0 Å². The molecule has 0 radical (unpaired) electrons. The van der Waals surface area contributed by atoms with Crippen molar-refractivity contribution in [2.24, 2.45) is 5.92 Å². The van der Waals surface area contributed by atoms with Crippen molar-refractivity contribution in [3.63, 3.8) is 0 Å². The Kier molecular flexibility index (Phi) is 6.21. The fourth-order valence-electron chi connectivity index (χ4n) is 5.35. The zero-order valence-electron chi connectivity index (χ0n) is 19.3. The van der Waals surface area contributed by atoms with E-state index in [1.807, 2.05) is 32.1 Å². The topological polar surface area (TPSA) is 50.8 Å². The Balaban J connectivity index is 1.28. The first-order valence-electron chi connectivity index (χ1n) is 11.7. The van der Waals surface area contributed by atoms with Gasteiger partial charge in [0.05, 0.1) is 12.2 Å². The van der Waals surface area contributed by atoms with Crippen LogP contribution in [0.1, 0.15) is 75.6 Å². The minimum Gasteiger partial charge on any atom is -0.444 e. The number of thiophene rings is 1. The summed E-state index contributed by atoms with van der Waals surface area (Å²) in [5.74, 6) is 0.664. The molecule has 5 nitrogen and oxygen atoms in total. The lowest BCUT2D eigenvalue weighted by molar-refractivity contribution is -0.114. The van der Waals surface area contributed by atoms with Crippen LogP contribution in [0.2, 0.25) is 0 Å². The molecule has 1 amide bonds. The molecule has 1 saturated heterocycles. The average Bonchev–Trinajstić information content (AvgIpc) is 3.05. The zero-order valence-corrected chi connectivity index (χ0v) is 20.1. The van der Waals surface area contributed by atoms with E-state index in [4.69, 9.17) is 9.47 Å². The molecule has 6 heteroatoms. The summed E-state index contributed by atoms with van der Waals surface area (Å²) in [5.41, 5.74) is 0.995. The minimum absolute atomic E-state index is 0.0617. The van der Waals surface area contributed by atoms with E-state index in [2.05, 4.69) is 30.1 Å². The van der Waals surface area contributed by atoms with Crippen molar-refractivity contribution in [1.82, 2.24) is 10.2 Å². The van der Waals surface area contributed by atoms with Crippen LogP contribution >= 0.6 is 11.3 Å². The highest BCUT2D eigenvalue weighted by molar-refractivity contribution is 7.12. The molecule has 1 aromatic rings. The molecule has 1 N–H and O–H groups in total. The van der Waals surface area contributed by atoms with Crippen molar-refractivity contribution in [3.05, 3.63) is 21.4 Å². The molecule has 0 bridgehead atoms. The third-order valence-corrected chi connectivity index (χ3v) is 8.25. The molecular formula is C24H38N2O3S. The molecule has 3 heterocycles. The molecule has 1 saturated carbocycles. The van der Waals surface area contributed by atoms with Gasteiger partial charge in [0.25, 0.3) is 0 Å². The van der Waals surface area contributed by atoms with Crippen LogP contribution < -0.4 is 5.32 Å².